The van der Waals surface area contributed by atoms with Gasteiger partial charge in [0.05, 0.1) is 29.5 Å². The fourth-order valence-electron chi connectivity index (χ4n) is 2.75. The van der Waals surface area contributed by atoms with E-state index in [2.05, 4.69) is 10.3 Å². The number of pyridine rings is 1. The Morgan fingerprint density at radius 2 is 1.94 bits per heavy atom. The summed E-state index contributed by atoms with van der Waals surface area (Å²) in [6.07, 6.45) is 0.281. The topological polar surface area (TPSA) is 115 Å². The second-order valence-corrected chi connectivity index (χ2v) is 9.21. The first-order valence-corrected chi connectivity index (χ1v) is 11.4. The van der Waals surface area contributed by atoms with Gasteiger partial charge in [-0.1, -0.05) is 23.2 Å². The number of ether oxygens (including phenoxy) is 2. The van der Waals surface area contributed by atoms with E-state index < -0.39 is 28.0 Å². The van der Waals surface area contributed by atoms with E-state index in [4.69, 9.17) is 32.7 Å². The first kappa shape index (κ1) is 23.4. The molecule has 2 aromatic rings. The van der Waals surface area contributed by atoms with Crippen LogP contribution in [0.15, 0.2) is 41.4 Å². The first-order valence-electron chi connectivity index (χ1n) is 9.20. The molecule has 2 heterocycles. The van der Waals surface area contributed by atoms with Gasteiger partial charge < -0.3 is 14.8 Å². The fraction of sp³-hybridized carbons (Fsp3) is 0.316. The van der Waals surface area contributed by atoms with Gasteiger partial charge >= 0.3 is 5.97 Å². The molecule has 1 aliphatic rings. The minimum absolute atomic E-state index is 0.0277. The SMILES string of the molecule is C[C@@H](OC(=O)c1ccc(Cl)c(S(=O)(=O)N2CCOCC2)c1)C(=O)Nc1cccnc1Cl. The highest BCUT2D eigenvalue weighted by Crippen LogP contribution is 2.27. The summed E-state index contributed by atoms with van der Waals surface area (Å²) in [6.45, 7) is 2.28. The third kappa shape index (κ3) is 5.52. The molecule has 1 amide bonds. The molecule has 0 radical (unpaired) electrons. The summed E-state index contributed by atoms with van der Waals surface area (Å²) < 4.78 is 37.4. The molecule has 1 N–H and O–H groups in total. The van der Waals surface area contributed by atoms with Crippen molar-refractivity contribution in [2.45, 2.75) is 17.9 Å². The fourth-order valence-corrected chi connectivity index (χ4v) is 4.82. The van der Waals surface area contributed by atoms with Gasteiger partial charge in [0.1, 0.15) is 4.90 Å². The molecule has 1 aromatic heterocycles. The summed E-state index contributed by atoms with van der Waals surface area (Å²) in [7, 11) is -3.93. The molecule has 1 atom stereocenters. The van der Waals surface area contributed by atoms with Crippen molar-refractivity contribution in [2.75, 3.05) is 31.6 Å². The summed E-state index contributed by atoms with van der Waals surface area (Å²) in [4.78, 5) is 28.5. The average Bonchev–Trinajstić information content (AvgIpc) is 2.76. The van der Waals surface area contributed by atoms with Crippen LogP contribution in [-0.2, 0) is 24.3 Å². The lowest BCUT2D eigenvalue weighted by Crippen LogP contribution is -2.40. The Bertz CT molecular complexity index is 1090. The van der Waals surface area contributed by atoms with Gasteiger partial charge in [0.25, 0.3) is 5.91 Å². The van der Waals surface area contributed by atoms with E-state index >= 15 is 0 Å². The lowest BCUT2D eigenvalue weighted by molar-refractivity contribution is -0.123. The Balaban J connectivity index is 1.74. The molecule has 0 spiro atoms. The van der Waals surface area contributed by atoms with Crippen molar-refractivity contribution in [3.63, 3.8) is 0 Å². The number of rotatable bonds is 6. The molecule has 1 aromatic carbocycles. The number of esters is 1. The minimum Gasteiger partial charge on any atom is -0.449 e. The van der Waals surface area contributed by atoms with Gasteiger partial charge in [-0.15, -0.1) is 0 Å². The molecule has 0 aliphatic carbocycles. The number of halogens is 2. The van der Waals surface area contributed by atoms with Gasteiger partial charge in [0.15, 0.2) is 11.3 Å². The van der Waals surface area contributed by atoms with Crippen LogP contribution in [-0.4, -0.2) is 62.0 Å². The Labute approximate surface area is 189 Å². The number of nitrogens with one attached hydrogen (secondary N) is 1. The lowest BCUT2D eigenvalue weighted by Gasteiger charge is -2.26. The van der Waals surface area contributed by atoms with Gasteiger partial charge in [0.2, 0.25) is 10.0 Å². The van der Waals surface area contributed by atoms with Crippen molar-refractivity contribution in [1.82, 2.24) is 9.29 Å². The molecule has 9 nitrogen and oxygen atoms in total. The van der Waals surface area contributed by atoms with E-state index in [0.717, 1.165) is 6.07 Å². The standard InChI is InChI=1S/C19H19Cl2N3O6S/c1-12(18(25)23-15-3-2-6-22-17(15)21)30-19(26)13-4-5-14(20)16(11-13)31(27,28)24-7-9-29-10-8-24/h2-6,11-12H,7-10H2,1H3,(H,23,25)/t12-/m1/s1. The maximum atomic E-state index is 12.9. The highest BCUT2D eigenvalue weighted by molar-refractivity contribution is 7.89. The Hall–Kier alpha value is -2.24. The van der Waals surface area contributed by atoms with Crippen molar-refractivity contribution < 1.29 is 27.5 Å². The molecule has 1 fully saturated rings. The largest absolute Gasteiger partial charge is 0.449 e. The number of carbonyl (C=O) groups excluding carboxylic acids is 2. The number of hydrogen-bond acceptors (Lipinski definition) is 7. The van der Waals surface area contributed by atoms with E-state index in [-0.39, 0.29) is 52.6 Å². The molecule has 3 rings (SSSR count). The second-order valence-electron chi connectivity index (χ2n) is 6.54. The van der Waals surface area contributed by atoms with Gasteiger partial charge in [-0.2, -0.15) is 4.31 Å². The number of aromatic nitrogens is 1. The van der Waals surface area contributed by atoms with E-state index in [0.29, 0.717) is 0 Å². The molecule has 0 unspecified atom stereocenters. The summed E-state index contributed by atoms with van der Waals surface area (Å²) >= 11 is 12.0. The Kier molecular flexibility index (Phi) is 7.50. The van der Waals surface area contributed by atoms with Gasteiger partial charge in [-0.3, -0.25) is 4.79 Å². The predicted octanol–water partition coefficient (Wildman–Crippen LogP) is 2.59. The van der Waals surface area contributed by atoms with Gasteiger partial charge in [-0.25, -0.2) is 18.2 Å². The Morgan fingerprint density at radius 3 is 2.61 bits per heavy atom. The summed E-state index contributed by atoms with van der Waals surface area (Å²) in [6, 6.07) is 6.89. The summed E-state index contributed by atoms with van der Waals surface area (Å²) in [5.74, 6) is -1.51. The number of hydrogen-bond donors (Lipinski definition) is 1. The van der Waals surface area contributed by atoms with E-state index in [1.165, 1.54) is 29.6 Å². The zero-order valence-electron chi connectivity index (χ0n) is 16.4. The first-order chi connectivity index (χ1) is 14.7. The van der Waals surface area contributed by atoms with E-state index in [1.807, 2.05) is 0 Å². The molecule has 0 bridgehead atoms. The predicted molar refractivity (Wildman–Crippen MR) is 114 cm³/mol. The quantitative estimate of drug-likeness (QED) is 0.491. The van der Waals surface area contributed by atoms with Crippen LogP contribution in [0.4, 0.5) is 5.69 Å². The van der Waals surface area contributed by atoms with Crippen molar-refractivity contribution in [1.29, 1.82) is 0 Å². The second kappa shape index (κ2) is 9.92. The van der Waals surface area contributed by atoms with Crippen LogP contribution < -0.4 is 5.32 Å². The maximum Gasteiger partial charge on any atom is 0.338 e. The average molecular weight is 488 g/mol. The monoisotopic (exact) mass is 487 g/mol. The van der Waals surface area contributed by atoms with E-state index in [1.54, 1.807) is 12.1 Å². The van der Waals surface area contributed by atoms with Crippen LogP contribution >= 0.6 is 23.2 Å². The molecule has 0 saturated carbocycles. The smallest absolute Gasteiger partial charge is 0.338 e. The van der Waals surface area contributed by atoms with Crippen LogP contribution in [0, 0.1) is 0 Å². The minimum atomic E-state index is -3.93. The molecule has 31 heavy (non-hydrogen) atoms. The maximum absolute atomic E-state index is 12.9. The number of carbonyl (C=O) groups is 2. The highest BCUT2D eigenvalue weighted by atomic mass is 35.5. The number of benzene rings is 1. The molecule has 12 heteroatoms. The molecule has 1 saturated heterocycles. The highest BCUT2D eigenvalue weighted by Gasteiger charge is 2.30. The Morgan fingerprint density at radius 1 is 1.23 bits per heavy atom. The van der Waals surface area contributed by atoms with E-state index in [9.17, 15) is 18.0 Å². The van der Waals surface area contributed by atoms with Gasteiger partial charge in [0, 0.05) is 19.3 Å². The molecular weight excluding hydrogens is 469 g/mol. The van der Waals surface area contributed by atoms with Crippen molar-refractivity contribution in [2.24, 2.45) is 0 Å². The van der Waals surface area contributed by atoms with Crippen molar-refractivity contribution in [3.8, 4) is 0 Å². The van der Waals surface area contributed by atoms with Gasteiger partial charge in [-0.05, 0) is 37.3 Å². The summed E-state index contributed by atoms with van der Waals surface area (Å²) in [5, 5.41) is 2.57. The molecule has 1 aliphatic heterocycles. The zero-order valence-corrected chi connectivity index (χ0v) is 18.7. The van der Waals surface area contributed by atoms with Crippen molar-refractivity contribution >= 4 is 50.8 Å². The molecule has 166 valence electrons. The third-order valence-corrected chi connectivity index (χ3v) is 7.11. The normalized spacial score (nSPS) is 15.8. The molecular formula is C19H19Cl2N3O6S. The van der Waals surface area contributed by atoms with Crippen molar-refractivity contribution in [3.05, 3.63) is 52.3 Å². The number of anilines is 1. The third-order valence-electron chi connectivity index (χ3n) is 4.42. The van der Waals surface area contributed by atoms with Crippen LogP contribution in [0.5, 0.6) is 0 Å². The zero-order chi connectivity index (χ0) is 22.6. The lowest BCUT2D eigenvalue weighted by atomic mass is 10.2. The number of morpholine rings is 1. The summed E-state index contributed by atoms with van der Waals surface area (Å²) in [5.41, 5.74) is 0.206. The van der Waals surface area contributed by atoms with Crippen LogP contribution in [0.25, 0.3) is 0 Å². The van der Waals surface area contributed by atoms with Crippen LogP contribution in [0.2, 0.25) is 10.2 Å². The van der Waals surface area contributed by atoms with Crippen LogP contribution in [0.1, 0.15) is 17.3 Å². The number of nitrogens with zero attached hydrogens (tertiary/aromatic N) is 2. The van der Waals surface area contributed by atoms with Crippen LogP contribution in [0.3, 0.4) is 0 Å². The number of sulfonamides is 1. The number of amides is 1.